The maximum Gasteiger partial charge on any atom is 0.252 e. The molecule has 0 aliphatic carbocycles. The van der Waals surface area contributed by atoms with Crippen LogP contribution in [0.25, 0.3) is 0 Å². The van der Waals surface area contributed by atoms with Crippen molar-refractivity contribution in [3.8, 4) is 0 Å². The van der Waals surface area contributed by atoms with E-state index in [1.165, 1.54) is 16.2 Å². The van der Waals surface area contributed by atoms with Gasteiger partial charge in [0.2, 0.25) is 12.3 Å². The van der Waals surface area contributed by atoms with Crippen LogP contribution in [0.15, 0.2) is 18.3 Å². The Kier molecular flexibility index (Phi) is 7.28. The van der Waals surface area contributed by atoms with E-state index in [2.05, 4.69) is 10.3 Å². The van der Waals surface area contributed by atoms with Gasteiger partial charge in [-0.05, 0) is 13.3 Å². The van der Waals surface area contributed by atoms with Gasteiger partial charge in [-0.15, -0.1) is 11.3 Å². The molecule has 0 saturated heterocycles. The number of hydroxylamine groups is 2. The minimum absolute atomic E-state index is 0.0845. The third-order valence-electron chi connectivity index (χ3n) is 4.14. The molecule has 0 aromatic carbocycles. The molecule has 9 heteroatoms. The van der Waals surface area contributed by atoms with Crippen LogP contribution in [0.4, 0.5) is 5.13 Å². The predicted octanol–water partition coefficient (Wildman–Crippen LogP) is 1.81. The minimum atomic E-state index is -0.723. The first-order chi connectivity index (χ1) is 12.5. The third-order valence-corrected chi connectivity index (χ3v) is 4.97. The highest BCUT2D eigenvalue weighted by molar-refractivity contribution is 7.15. The van der Waals surface area contributed by atoms with Crippen molar-refractivity contribution in [2.24, 2.45) is 5.92 Å². The summed E-state index contributed by atoms with van der Waals surface area (Å²) in [7, 11) is 0. The van der Waals surface area contributed by atoms with E-state index in [1.807, 2.05) is 13.8 Å². The molecule has 2 atom stereocenters. The highest BCUT2D eigenvalue weighted by atomic mass is 32.1. The largest absolute Gasteiger partial charge is 0.323 e. The van der Waals surface area contributed by atoms with E-state index in [0.717, 1.165) is 17.7 Å². The van der Waals surface area contributed by atoms with Gasteiger partial charge < -0.3 is 4.90 Å². The van der Waals surface area contributed by atoms with Crippen molar-refractivity contribution in [1.29, 1.82) is 0 Å². The summed E-state index contributed by atoms with van der Waals surface area (Å²) in [6, 6.07) is -0.723. The maximum atomic E-state index is 12.9. The zero-order valence-corrected chi connectivity index (χ0v) is 15.7. The molecule has 2 heterocycles. The Morgan fingerprint density at radius 1 is 1.58 bits per heavy atom. The first-order valence-corrected chi connectivity index (χ1v) is 9.39. The van der Waals surface area contributed by atoms with Gasteiger partial charge >= 0.3 is 0 Å². The number of carbonyl (C=O) groups is 3. The number of carbonyl (C=O) groups excluding carboxylic acids is 3. The van der Waals surface area contributed by atoms with Gasteiger partial charge in [-0.3, -0.25) is 24.9 Å². The smallest absolute Gasteiger partial charge is 0.252 e. The van der Waals surface area contributed by atoms with Crippen LogP contribution in [-0.2, 0) is 14.4 Å². The van der Waals surface area contributed by atoms with Crippen LogP contribution in [0.5, 0.6) is 0 Å². The topological polar surface area (TPSA) is 103 Å². The number of amides is 3. The van der Waals surface area contributed by atoms with Crippen molar-refractivity contribution in [1.82, 2.24) is 14.9 Å². The molecule has 1 aromatic heterocycles. The third kappa shape index (κ3) is 5.12. The fourth-order valence-corrected chi connectivity index (χ4v) is 3.48. The van der Waals surface area contributed by atoms with E-state index in [0.29, 0.717) is 23.2 Å². The van der Waals surface area contributed by atoms with Crippen molar-refractivity contribution in [2.75, 3.05) is 18.4 Å². The van der Waals surface area contributed by atoms with Crippen molar-refractivity contribution in [2.45, 2.75) is 39.2 Å². The number of nitrogens with zero attached hydrogens (tertiary/aromatic N) is 3. The molecule has 0 fully saturated rings. The lowest BCUT2D eigenvalue weighted by Gasteiger charge is -2.29. The van der Waals surface area contributed by atoms with Gasteiger partial charge in [0, 0.05) is 17.6 Å². The van der Waals surface area contributed by atoms with E-state index in [1.54, 1.807) is 18.3 Å². The summed E-state index contributed by atoms with van der Waals surface area (Å²) in [6.07, 6.45) is 7.62. The van der Waals surface area contributed by atoms with Crippen LogP contribution in [-0.4, -0.2) is 57.5 Å². The lowest BCUT2D eigenvalue weighted by Crippen LogP contribution is -2.47. The van der Waals surface area contributed by atoms with Crippen molar-refractivity contribution in [3.05, 3.63) is 23.2 Å². The molecule has 1 aliphatic rings. The highest BCUT2D eigenvalue weighted by Gasteiger charge is 2.35. The molecule has 0 spiro atoms. The van der Waals surface area contributed by atoms with E-state index in [4.69, 9.17) is 0 Å². The zero-order chi connectivity index (χ0) is 19.1. The Balaban J connectivity index is 2.06. The van der Waals surface area contributed by atoms with Gasteiger partial charge in [-0.2, -0.15) is 0 Å². The molecule has 26 heavy (non-hydrogen) atoms. The maximum absolute atomic E-state index is 12.9. The summed E-state index contributed by atoms with van der Waals surface area (Å²) < 4.78 is 0. The second-order valence-electron chi connectivity index (χ2n) is 6.20. The first-order valence-electron chi connectivity index (χ1n) is 8.57. The molecule has 2 N–H and O–H groups in total. The number of hydrogen-bond acceptors (Lipinski definition) is 6. The van der Waals surface area contributed by atoms with Gasteiger partial charge in [-0.1, -0.05) is 31.9 Å². The molecule has 1 aliphatic heterocycles. The summed E-state index contributed by atoms with van der Waals surface area (Å²) in [6.45, 7) is 4.13. The molecule has 0 unspecified atom stereocenters. The van der Waals surface area contributed by atoms with Gasteiger partial charge in [0.25, 0.3) is 5.91 Å². The highest BCUT2D eigenvalue weighted by Crippen LogP contribution is 2.21. The summed E-state index contributed by atoms with van der Waals surface area (Å²) in [5, 5.41) is 13.2. The molecule has 8 nitrogen and oxygen atoms in total. The average Bonchev–Trinajstić information content (AvgIpc) is 3.26. The van der Waals surface area contributed by atoms with Gasteiger partial charge in [0.05, 0.1) is 12.5 Å². The molecule has 142 valence electrons. The molecular weight excluding hydrogens is 356 g/mol. The Morgan fingerprint density at radius 3 is 2.96 bits per heavy atom. The number of unbranched alkanes of at least 4 members (excludes halogenated alkanes) is 1. The fraction of sp³-hybridized carbons (Fsp3) is 0.529. The van der Waals surface area contributed by atoms with Gasteiger partial charge in [0.15, 0.2) is 5.13 Å². The molecular formula is C17H24N4O4S. The van der Waals surface area contributed by atoms with Crippen LogP contribution in [0.1, 0.15) is 31.1 Å². The number of aryl methyl sites for hydroxylation is 1. The summed E-state index contributed by atoms with van der Waals surface area (Å²) in [5.74, 6) is -1.13. The summed E-state index contributed by atoms with van der Waals surface area (Å²) >= 11 is 1.36. The van der Waals surface area contributed by atoms with E-state index < -0.39 is 12.0 Å². The van der Waals surface area contributed by atoms with Gasteiger partial charge in [-0.25, -0.2) is 10.0 Å². The predicted molar refractivity (Wildman–Crippen MR) is 97.7 cm³/mol. The molecule has 0 bridgehead atoms. The van der Waals surface area contributed by atoms with Crippen LogP contribution < -0.4 is 5.32 Å². The lowest BCUT2D eigenvalue weighted by atomic mass is 9.99. The number of aromatic nitrogens is 1. The van der Waals surface area contributed by atoms with Gasteiger partial charge in [0.1, 0.15) is 6.04 Å². The quantitative estimate of drug-likeness (QED) is 0.294. The molecule has 1 aromatic rings. The minimum Gasteiger partial charge on any atom is -0.323 e. The monoisotopic (exact) mass is 380 g/mol. The van der Waals surface area contributed by atoms with E-state index in [-0.39, 0.29) is 24.8 Å². The fourth-order valence-electron chi connectivity index (χ4n) is 2.82. The van der Waals surface area contributed by atoms with Crippen LogP contribution in [0, 0.1) is 12.8 Å². The van der Waals surface area contributed by atoms with Crippen molar-refractivity contribution in [3.63, 3.8) is 0 Å². The molecule has 0 saturated carbocycles. The Morgan fingerprint density at radius 2 is 2.35 bits per heavy atom. The molecule has 3 amide bonds. The normalized spacial score (nSPS) is 17.2. The Bertz CT molecular complexity index is 675. The van der Waals surface area contributed by atoms with Crippen LogP contribution in [0.3, 0.4) is 0 Å². The number of anilines is 1. The molecule has 2 rings (SSSR count). The number of rotatable bonds is 9. The Hall–Kier alpha value is -2.26. The van der Waals surface area contributed by atoms with Crippen molar-refractivity contribution >= 4 is 34.7 Å². The van der Waals surface area contributed by atoms with Crippen LogP contribution >= 0.6 is 11.3 Å². The summed E-state index contributed by atoms with van der Waals surface area (Å²) in [5.41, 5.74) is 0. The summed E-state index contributed by atoms with van der Waals surface area (Å²) in [4.78, 5) is 42.7. The van der Waals surface area contributed by atoms with E-state index >= 15 is 0 Å². The van der Waals surface area contributed by atoms with E-state index in [9.17, 15) is 19.6 Å². The average molecular weight is 380 g/mol. The first kappa shape index (κ1) is 20.1. The number of nitrogens with one attached hydrogen (secondary N) is 1. The SMILES string of the molecule is CCCC[C@H](CN(O)C=O)C(=O)N1CC=C[C@H]1C(=O)Nc1ncc(C)s1. The number of hydrogen-bond donors (Lipinski definition) is 2. The van der Waals surface area contributed by atoms with Crippen LogP contribution in [0.2, 0.25) is 0 Å². The second kappa shape index (κ2) is 9.44. The van der Waals surface area contributed by atoms with Crippen molar-refractivity contribution < 1.29 is 19.6 Å². The number of thiazole rings is 1. The lowest BCUT2D eigenvalue weighted by molar-refractivity contribution is -0.157. The second-order valence-corrected chi connectivity index (χ2v) is 7.43. The standard InChI is InChI=1S/C17H24N4O4S/c1-3-4-6-13(10-20(25)11-22)16(24)21-8-5-7-14(21)15(23)19-17-18-9-12(2)26-17/h5,7,9,11,13-14,25H,3-4,6,8,10H2,1-2H3,(H,18,19,23)/t13-,14+/m1/s1. The zero-order valence-electron chi connectivity index (χ0n) is 14.9. The Labute approximate surface area is 156 Å². The molecule has 0 radical (unpaired) electrons.